The largest absolute Gasteiger partial charge is 0.353 e. The molecule has 2 heterocycles. The van der Waals surface area contributed by atoms with Gasteiger partial charge in [-0.25, -0.2) is 4.98 Å². The highest BCUT2D eigenvalue weighted by molar-refractivity contribution is 5.79. The van der Waals surface area contributed by atoms with Crippen molar-refractivity contribution in [3.05, 3.63) is 27.9 Å². The Morgan fingerprint density at radius 3 is 2.39 bits per heavy atom. The number of nitro groups is 1. The van der Waals surface area contributed by atoms with E-state index in [1.807, 2.05) is 25.7 Å². The fourth-order valence-corrected chi connectivity index (χ4v) is 3.02. The Kier molecular flexibility index (Phi) is 5.52. The summed E-state index contributed by atoms with van der Waals surface area (Å²) < 4.78 is 0. The molecule has 2 rings (SSSR count). The maximum absolute atomic E-state index is 12.4. The molecule has 0 unspecified atom stereocenters. The standard InChI is InChI=1S/C16H24N4O3/c1-4-13(5-2)16(21)19-8-6-18(7-9-19)15-12(3)10-14(11-17-15)20(22)23/h10-11,13H,4-9H2,1-3H3. The van der Waals surface area contributed by atoms with E-state index in [1.54, 1.807) is 6.07 Å². The lowest BCUT2D eigenvalue weighted by atomic mass is 10.0. The van der Waals surface area contributed by atoms with Gasteiger partial charge in [-0.3, -0.25) is 14.9 Å². The zero-order valence-corrected chi connectivity index (χ0v) is 14.0. The minimum atomic E-state index is -0.435. The Labute approximate surface area is 136 Å². The second-order valence-corrected chi connectivity index (χ2v) is 5.92. The molecule has 1 aromatic heterocycles. The molecule has 0 spiro atoms. The van der Waals surface area contributed by atoms with Crippen LogP contribution < -0.4 is 4.90 Å². The fraction of sp³-hybridized carbons (Fsp3) is 0.625. The van der Waals surface area contributed by atoms with E-state index in [1.165, 1.54) is 6.20 Å². The van der Waals surface area contributed by atoms with Crippen LogP contribution in [-0.4, -0.2) is 46.9 Å². The summed E-state index contributed by atoms with van der Waals surface area (Å²) in [7, 11) is 0. The number of aryl methyl sites for hydroxylation is 1. The van der Waals surface area contributed by atoms with Gasteiger partial charge in [0.15, 0.2) is 0 Å². The Bertz CT molecular complexity index is 579. The summed E-state index contributed by atoms with van der Waals surface area (Å²) in [5.74, 6) is 1.12. The van der Waals surface area contributed by atoms with Crippen LogP contribution in [0.4, 0.5) is 11.5 Å². The zero-order chi connectivity index (χ0) is 17.0. The van der Waals surface area contributed by atoms with Crippen molar-refractivity contribution in [2.24, 2.45) is 5.92 Å². The van der Waals surface area contributed by atoms with Crippen molar-refractivity contribution in [1.29, 1.82) is 0 Å². The molecule has 23 heavy (non-hydrogen) atoms. The van der Waals surface area contributed by atoms with Crippen molar-refractivity contribution in [2.45, 2.75) is 33.6 Å². The first-order valence-electron chi connectivity index (χ1n) is 8.12. The van der Waals surface area contributed by atoms with Crippen molar-refractivity contribution in [1.82, 2.24) is 9.88 Å². The van der Waals surface area contributed by atoms with Crippen LogP contribution in [0.25, 0.3) is 0 Å². The van der Waals surface area contributed by atoms with Gasteiger partial charge in [-0.2, -0.15) is 0 Å². The van der Waals surface area contributed by atoms with E-state index >= 15 is 0 Å². The highest BCUT2D eigenvalue weighted by Crippen LogP contribution is 2.23. The van der Waals surface area contributed by atoms with Crippen LogP contribution in [-0.2, 0) is 4.79 Å². The van der Waals surface area contributed by atoms with Gasteiger partial charge in [-0.15, -0.1) is 0 Å². The minimum Gasteiger partial charge on any atom is -0.353 e. The second-order valence-electron chi connectivity index (χ2n) is 5.92. The third-order valence-corrected chi connectivity index (χ3v) is 4.47. The maximum Gasteiger partial charge on any atom is 0.287 e. The summed E-state index contributed by atoms with van der Waals surface area (Å²) in [6.45, 7) is 8.69. The zero-order valence-electron chi connectivity index (χ0n) is 14.0. The molecule has 0 atom stereocenters. The van der Waals surface area contributed by atoms with E-state index in [0.717, 1.165) is 24.2 Å². The van der Waals surface area contributed by atoms with Crippen LogP contribution in [0.5, 0.6) is 0 Å². The van der Waals surface area contributed by atoms with Crippen LogP contribution in [0.1, 0.15) is 32.3 Å². The van der Waals surface area contributed by atoms with E-state index in [-0.39, 0.29) is 17.5 Å². The number of hydrogen-bond donors (Lipinski definition) is 0. The summed E-state index contributed by atoms with van der Waals surface area (Å²) in [5, 5.41) is 10.8. The van der Waals surface area contributed by atoms with Crippen LogP contribution in [0.3, 0.4) is 0 Å². The first-order chi connectivity index (χ1) is 11.0. The van der Waals surface area contributed by atoms with Crippen molar-refractivity contribution >= 4 is 17.4 Å². The number of hydrogen-bond acceptors (Lipinski definition) is 5. The van der Waals surface area contributed by atoms with E-state index in [0.29, 0.717) is 26.2 Å². The van der Waals surface area contributed by atoms with Gasteiger partial charge in [0.05, 0.1) is 4.92 Å². The molecule has 0 N–H and O–H groups in total. The molecule has 1 aliphatic heterocycles. The maximum atomic E-state index is 12.4. The number of carbonyl (C=O) groups is 1. The highest BCUT2D eigenvalue weighted by Gasteiger charge is 2.26. The minimum absolute atomic E-state index is 0.00815. The van der Waals surface area contributed by atoms with Crippen molar-refractivity contribution in [2.75, 3.05) is 31.1 Å². The molecular weight excluding hydrogens is 296 g/mol. The quantitative estimate of drug-likeness (QED) is 0.615. The highest BCUT2D eigenvalue weighted by atomic mass is 16.6. The number of amides is 1. The average Bonchev–Trinajstić information content (AvgIpc) is 2.56. The van der Waals surface area contributed by atoms with Gasteiger partial charge in [0.2, 0.25) is 5.91 Å². The van der Waals surface area contributed by atoms with Crippen LogP contribution >= 0.6 is 0 Å². The number of nitrogens with zero attached hydrogens (tertiary/aromatic N) is 4. The third kappa shape index (κ3) is 3.78. The summed E-state index contributed by atoms with van der Waals surface area (Å²) in [6.07, 6.45) is 3.04. The fourth-order valence-electron chi connectivity index (χ4n) is 3.02. The number of pyridine rings is 1. The molecule has 1 amide bonds. The Balaban J connectivity index is 2.02. The third-order valence-electron chi connectivity index (χ3n) is 4.47. The normalized spacial score (nSPS) is 15.1. The van der Waals surface area contributed by atoms with Gasteiger partial charge in [0.25, 0.3) is 5.69 Å². The number of piperazine rings is 1. The Morgan fingerprint density at radius 2 is 1.91 bits per heavy atom. The molecule has 0 radical (unpaired) electrons. The predicted octanol–water partition coefficient (Wildman–Crippen LogP) is 2.38. The van der Waals surface area contributed by atoms with E-state index in [9.17, 15) is 14.9 Å². The van der Waals surface area contributed by atoms with Gasteiger partial charge < -0.3 is 9.80 Å². The molecule has 1 aliphatic rings. The molecule has 1 saturated heterocycles. The first-order valence-corrected chi connectivity index (χ1v) is 8.12. The monoisotopic (exact) mass is 320 g/mol. The van der Waals surface area contributed by atoms with E-state index < -0.39 is 4.92 Å². The summed E-state index contributed by atoms with van der Waals surface area (Å²) in [4.78, 5) is 31.0. The van der Waals surface area contributed by atoms with Crippen molar-refractivity contribution in [3.63, 3.8) is 0 Å². The predicted molar refractivity (Wildman–Crippen MR) is 88.5 cm³/mol. The molecule has 7 heteroatoms. The topological polar surface area (TPSA) is 79.6 Å². The molecule has 1 fully saturated rings. The summed E-state index contributed by atoms with van der Waals surface area (Å²) >= 11 is 0. The molecular formula is C16H24N4O3. The number of rotatable bonds is 5. The van der Waals surface area contributed by atoms with Gasteiger partial charge in [-0.05, 0) is 25.3 Å². The summed E-state index contributed by atoms with van der Waals surface area (Å²) in [5.41, 5.74) is 0.799. The number of aromatic nitrogens is 1. The summed E-state index contributed by atoms with van der Waals surface area (Å²) in [6, 6.07) is 1.55. The number of anilines is 1. The van der Waals surface area contributed by atoms with Gasteiger partial charge in [0.1, 0.15) is 12.0 Å². The molecule has 0 aliphatic carbocycles. The Hall–Kier alpha value is -2.18. The molecule has 7 nitrogen and oxygen atoms in total. The molecule has 0 saturated carbocycles. The molecule has 0 bridgehead atoms. The molecule has 0 aromatic carbocycles. The Morgan fingerprint density at radius 1 is 1.30 bits per heavy atom. The smallest absolute Gasteiger partial charge is 0.287 e. The molecule has 1 aromatic rings. The second kappa shape index (κ2) is 7.39. The lowest BCUT2D eigenvalue weighted by molar-refractivity contribution is -0.385. The van der Waals surface area contributed by atoms with Crippen molar-refractivity contribution < 1.29 is 9.72 Å². The van der Waals surface area contributed by atoms with E-state index in [2.05, 4.69) is 9.88 Å². The number of carbonyl (C=O) groups excluding carboxylic acids is 1. The van der Waals surface area contributed by atoms with Crippen molar-refractivity contribution in [3.8, 4) is 0 Å². The lowest BCUT2D eigenvalue weighted by Crippen LogP contribution is -2.50. The van der Waals surface area contributed by atoms with Crippen LogP contribution in [0.15, 0.2) is 12.3 Å². The van der Waals surface area contributed by atoms with E-state index in [4.69, 9.17) is 0 Å². The lowest BCUT2D eigenvalue weighted by Gasteiger charge is -2.37. The van der Waals surface area contributed by atoms with Crippen LogP contribution in [0, 0.1) is 23.0 Å². The average molecular weight is 320 g/mol. The van der Waals surface area contributed by atoms with Gasteiger partial charge >= 0.3 is 0 Å². The van der Waals surface area contributed by atoms with Gasteiger partial charge in [-0.1, -0.05) is 13.8 Å². The molecule has 126 valence electrons. The first kappa shape index (κ1) is 17.2. The SMILES string of the molecule is CCC(CC)C(=O)N1CCN(c2ncc([N+](=O)[O-])cc2C)CC1. The van der Waals surface area contributed by atoms with Crippen LogP contribution in [0.2, 0.25) is 0 Å². The van der Waals surface area contributed by atoms with Gasteiger partial charge in [0, 0.05) is 38.2 Å².